The molecule has 0 aliphatic heterocycles. The molecule has 0 spiro atoms. The number of carbonyl (C=O) groups is 2. The first-order valence-corrected chi connectivity index (χ1v) is 8.76. The van der Waals surface area contributed by atoms with E-state index < -0.39 is 0 Å². The zero-order valence-electron chi connectivity index (χ0n) is 15.3. The molecule has 6 nitrogen and oxygen atoms in total. The lowest BCUT2D eigenvalue weighted by atomic mass is 10.1. The van der Waals surface area contributed by atoms with E-state index in [1.165, 1.54) is 11.2 Å². The number of likely N-dealkylation sites (N-methyl/N-ethyl adjacent to an activating group) is 1. The molecule has 0 bridgehead atoms. The van der Waals surface area contributed by atoms with E-state index in [0.717, 1.165) is 24.3 Å². The van der Waals surface area contributed by atoms with Gasteiger partial charge < -0.3 is 19.0 Å². The van der Waals surface area contributed by atoms with Crippen molar-refractivity contribution in [3.05, 3.63) is 48.4 Å². The predicted molar refractivity (Wildman–Crippen MR) is 98.3 cm³/mol. The fraction of sp³-hybridized carbons (Fsp3) is 0.400. The fourth-order valence-corrected chi connectivity index (χ4v) is 3.08. The van der Waals surface area contributed by atoms with E-state index in [0.29, 0.717) is 5.92 Å². The molecule has 3 rings (SSSR count). The molecule has 1 unspecified atom stereocenters. The maximum Gasteiger partial charge on any atom is 0.289 e. The highest BCUT2D eigenvalue weighted by molar-refractivity contribution is 5.99. The highest BCUT2D eigenvalue weighted by Crippen LogP contribution is 2.37. The number of furan rings is 1. The van der Waals surface area contributed by atoms with Crippen LogP contribution in [-0.2, 0) is 4.79 Å². The number of rotatable bonds is 7. The van der Waals surface area contributed by atoms with Crippen LogP contribution in [0.2, 0.25) is 0 Å². The minimum absolute atomic E-state index is 0.0113. The second kappa shape index (κ2) is 7.64. The number of nitrogens with zero attached hydrogens (tertiary/aromatic N) is 2. The molecule has 0 radical (unpaired) electrons. The Morgan fingerprint density at radius 1 is 1.23 bits per heavy atom. The molecule has 0 saturated heterocycles. The van der Waals surface area contributed by atoms with Crippen LogP contribution in [-0.4, -0.2) is 43.5 Å². The van der Waals surface area contributed by atoms with E-state index in [1.54, 1.807) is 31.2 Å². The summed E-state index contributed by atoms with van der Waals surface area (Å²) < 4.78 is 10.3. The summed E-state index contributed by atoms with van der Waals surface area (Å²) in [7, 11) is 3.22. The van der Waals surface area contributed by atoms with Crippen LogP contribution >= 0.6 is 0 Å². The summed E-state index contributed by atoms with van der Waals surface area (Å²) in [5.41, 5.74) is 0.814. The minimum atomic E-state index is -0.308. The second-order valence-electron chi connectivity index (χ2n) is 6.68. The van der Waals surface area contributed by atoms with Gasteiger partial charge in [-0.2, -0.15) is 0 Å². The van der Waals surface area contributed by atoms with Crippen LogP contribution in [0.4, 0.5) is 5.69 Å². The van der Waals surface area contributed by atoms with E-state index in [4.69, 9.17) is 9.15 Å². The molecule has 1 heterocycles. The maximum atomic E-state index is 13.0. The van der Waals surface area contributed by atoms with Gasteiger partial charge in [0.15, 0.2) is 5.76 Å². The zero-order chi connectivity index (χ0) is 18.7. The van der Waals surface area contributed by atoms with Gasteiger partial charge in [-0.25, -0.2) is 0 Å². The second-order valence-corrected chi connectivity index (χ2v) is 6.68. The third-order valence-corrected chi connectivity index (χ3v) is 4.78. The third kappa shape index (κ3) is 3.90. The Kier molecular flexibility index (Phi) is 5.30. The molecule has 1 saturated carbocycles. The van der Waals surface area contributed by atoms with E-state index in [-0.39, 0.29) is 30.2 Å². The Balaban J connectivity index is 1.77. The van der Waals surface area contributed by atoms with Gasteiger partial charge in [-0.05, 0) is 62.1 Å². The fourth-order valence-electron chi connectivity index (χ4n) is 3.08. The molecule has 1 aliphatic carbocycles. The Morgan fingerprint density at radius 3 is 2.46 bits per heavy atom. The quantitative estimate of drug-likeness (QED) is 0.764. The van der Waals surface area contributed by atoms with Gasteiger partial charge in [-0.3, -0.25) is 9.59 Å². The molecule has 1 fully saturated rings. The van der Waals surface area contributed by atoms with E-state index in [2.05, 4.69) is 6.92 Å². The summed E-state index contributed by atoms with van der Waals surface area (Å²) in [6.45, 7) is 2.05. The molecule has 1 atom stereocenters. The van der Waals surface area contributed by atoms with Crippen molar-refractivity contribution in [1.82, 2.24) is 4.90 Å². The number of hydrogen-bond acceptors (Lipinski definition) is 4. The van der Waals surface area contributed by atoms with Gasteiger partial charge in [0.1, 0.15) is 12.3 Å². The largest absolute Gasteiger partial charge is 0.497 e. The molecule has 138 valence electrons. The molecule has 1 aromatic carbocycles. The number of hydrogen-bond donors (Lipinski definition) is 0. The molecule has 1 aromatic heterocycles. The Morgan fingerprint density at radius 2 is 1.92 bits per heavy atom. The molecule has 2 aromatic rings. The molecular formula is C20H24N2O4. The van der Waals surface area contributed by atoms with Crippen molar-refractivity contribution in [2.45, 2.75) is 25.8 Å². The topological polar surface area (TPSA) is 63.0 Å². The smallest absolute Gasteiger partial charge is 0.289 e. The number of benzene rings is 1. The first-order chi connectivity index (χ1) is 12.5. The van der Waals surface area contributed by atoms with Gasteiger partial charge in [0.2, 0.25) is 5.91 Å². The van der Waals surface area contributed by atoms with E-state index >= 15 is 0 Å². The van der Waals surface area contributed by atoms with Crippen molar-refractivity contribution in [3.8, 4) is 5.75 Å². The van der Waals surface area contributed by atoms with Gasteiger partial charge in [0.25, 0.3) is 5.91 Å². The van der Waals surface area contributed by atoms with Crippen LogP contribution in [0.15, 0.2) is 47.1 Å². The number of amides is 2. The van der Waals surface area contributed by atoms with Gasteiger partial charge in [0, 0.05) is 18.8 Å². The summed E-state index contributed by atoms with van der Waals surface area (Å²) in [4.78, 5) is 28.6. The molecule has 0 N–H and O–H groups in total. The average Bonchev–Trinajstić information content (AvgIpc) is 3.36. The first-order valence-electron chi connectivity index (χ1n) is 8.76. The van der Waals surface area contributed by atoms with Crippen molar-refractivity contribution < 1.29 is 18.7 Å². The molecular weight excluding hydrogens is 332 g/mol. The van der Waals surface area contributed by atoms with Gasteiger partial charge in [0.05, 0.1) is 13.4 Å². The molecule has 1 aliphatic rings. The molecule has 26 heavy (non-hydrogen) atoms. The lowest BCUT2D eigenvalue weighted by molar-refractivity contribution is -0.119. The van der Waals surface area contributed by atoms with Crippen LogP contribution in [0.25, 0.3) is 0 Å². The monoisotopic (exact) mass is 356 g/mol. The van der Waals surface area contributed by atoms with Gasteiger partial charge in [-0.15, -0.1) is 0 Å². The third-order valence-electron chi connectivity index (χ3n) is 4.78. The maximum absolute atomic E-state index is 13.0. The molecule has 2 amide bonds. The summed E-state index contributed by atoms with van der Waals surface area (Å²) in [6.07, 6.45) is 3.70. The summed E-state index contributed by atoms with van der Waals surface area (Å²) in [5, 5.41) is 0. The Bertz CT molecular complexity index is 751. The number of ether oxygens (including phenoxy) is 1. The highest BCUT2D eigenvalue weighted by Gasteiger charge is 2.35. The summed E-state index contributed by atoms with van der Waals surface area (Å²) in [6, 6.07) is 10.8. The van der Waals surface area contributed by atoms with Crippen molar-refractivity contribution in [1.29, 1.82) is 0 Å². The lowest BCUT2D eigenvalue weighted by Gasteiger charge is -2.31. The zero-order valence-corrected chi connectivity index (χ0v) is 15.3. The van der Waals surface area contributed by atoms with E-state index in [1.807, 2.05) is 24.3 Å². The average molecular weight is 356 g/mol. The highest BCUT2D eigenvalue weighted by atomic mass is 16.5. The van der Waals surface area contributed by atoms with Gasteiger partial charge >= 0.3 is 0 Å². The van der Waals surface area contributed by atoms with E-state index in [9.17, 15) is 9.59 Å². The van der Waals surface area contributed by atoms with Crippen molar-refractivity contribution >= 4 is 17.5 Å². The number of anilines is 1. The summed E-state index contributed by atoms with van der Waals surface area (Å²) >= 11 is 0. The van der Waals surface area contributed by atoms with Gasteiger partial charge in [-0.1, -0.05) is 0 Å². The first kappa shape index (κ1) is 18.0. The standard InChI is InChI=1S/C20H24N2O4/c1-14(15-6-7-15)22(16-8-10-17(25-3)11-9-16)19(23)13-21(2)20(24)18-5-4-12-26-18/h4-5,8-12,14-15H,6-7,13H2,1-3H3. The number of methoxy groups -OCH3 is 1. The predicted octanol–water partition coefficient (Wildman–Crippen LogP) is 3.19. The van der Waals surface area contributed by atoms with Crippen LogP contribution in [0.3, 0.4) is 0 Å². The Labute approximate surface area is 153 Å². The minimum Gasteiger partial charge on any atom is -0.497 e. The van der Waals surface area contributed by atoms with Crippen LogP contribution in [0.5, 0.6) is 5.75 Å². The van der Waals surface area contributed by atoms with Crippen molar-refractivity contribution in [2.75, 3.05) is 25.6 Å². The number of carbonyl (C=O) groups excluding carboxylic acids is 2. The van der Waals surface area contributed by atoms with Crippen LogP contribution < -0.4 is 9.64 Å². The van der Waals surface area contributed by atoms with Crippen molar-refractivity contribution in [3.63, 3.8) is 0 Å². The van der Waals surface area contributed by atoms with Crippen LogP contribution in [0, 0.1) is 5.92 Å². The van der Waals surface area contributed by atoms with Crippen LogP contribution in [0.1, 0.15) is 30.3 Å². The normalized spacial score (nSPS) is 14.6. The molecule has 6 heteroatoms. The summed E-state index contributed by atoms with van der Waals surface area (Å²) in [5.74, 6) is 1.05. The Hall–Kier alpha value is -2.76. The lowest BCUT2D eigenvalue weighted by Crippen LogP contribution is -2.46. The SMILES string of the molecule is COc1ccc(N(C(=O)CN(C)C(=O)c2ccco2)C(C)C2CC2)cc1. The van der Waals surface area contributed by atoms with Crippen molar-refractivity contribution in [2.24, 2.45) is 5.92 Å².